The van der Waals surface area contributed by atoms with Crippen LogP contribution in [0, 0.1) is 0 Å². The molecule has 0 amide bonds. The predicted octanol–water partition coefficient (Wildman–Crippen LogP) is 2.89. The van der Waals surface area contributed by atoms with E-state index in [1.165, 1.54) is 10.4 Å². The molecule has 2 rings (SSSR count). The topological polar surface area (TPSA) is 38.0 Å². The van der Waals surface area contributed by atoms with Gasteiger partial charge in [-0.2, -0.15) is 0 Å². The van der Waals surface area contributed by atoms with Crippen LogP contribution in [0.25, 0.3) is 0 Å². The van der Waals surface area contributed by atoms with E-state index in [9.17, 15) is 0 Å². The first-order valence-corrected chi connectivity index (χ1v) is 6.31. The van der Waals surface area contributed by atoms with Crippen LogP contribution >= 0.6 is 11.3 Å². The Morgan fingerprint density at radius 3 is 2.56 bits per heavy atom. The fraction of sp³-hybridized carbons (Fsp3) is 0.231. The molecular formula is C13H16N2S. The van der Waals surface area contributed by atoms with Crippen molar-refractivity contribution >= 4 is 11.3 Å². The first kappa shape index (κ1) is 11.3. The fourth-order valence-electron chi connectivity index (χ4n) is 1.77. The maximum Gasteiger partial charge on any atom is 0.0463 e. The first-order valence-electron chi connectivity index (χ1n) is 5.43. The van der Waals surface area contributed by atoms with E-state index in [-0.39, 0.29) is 6.04 Å². The number of aryl methyl sites for hydroxylation is 1. The van der Waals surface area contributed by atoms with Gasteiger partial charge >= 0.3 is 0 Å². The number of rotatable bonds is 5. The molecule has 0 radical (unpaired) electrons. The number of nitrogens with two attached hydrogens (primary N) is 1. The lowest BCUT2D eigenvalue weighted by Gasteiger charge is -2.15. The summed E-state index contributed by atoms with van der Waals surface area (Å²) in [6.45, 7) is 0. The van der Waals surface area contributed by atoms with E-state index < -0.39 is 0 Å². The zero-order valence-electron chi connectivity index (χ0n) is 9.10. The molecular weight excluding hydrogens is 216 g/mol. The number of thiophene rings is 1. The van der Waals surface area contributed by atoms with E-state index in [1.807, 2.05) is 18.2 Å². The summed E-state index contributed by atoms with van der Waals surface area (Å²) < 4.78 is 0. The van der Waals surface area contributed by atoms with Crippen LogP contribution in [-0.2, 0) is 6.42 Å². The van der Waals surface area contributed by atoms with Crippen molar-refractivity contribution in [1.29, 1.82) is 0 Å². The largest absolute Gasteiger partial charge is 0.271 e. The average Bonchev–Trinajstić information content (AvgIpc) is 2.84. The lowest BCUT2D eigenvalue weighted by molar-refractivity contribution is 0.518. The smallest absolute Gasteiger partial charge is 0.0463 e. The highest BCUT2D eigenvalue weighted by Crippen LogP contribution is 2.20. The van der Waals surface area contributed by atoms with Gasteiger partial charge in [-0.3, -0.25) is 11.3 Å². The van der Waals surface area contributed by atoms with Gasteiger partial charge in [-0.25, -0.2) is 0 Å². The molecule has 1 aromatic heterocycles. The lowest BCUT2D eigenvalue weighted by atomic mass is 10.0. The first-order chi connectivity index (χ1) is 7.90. The van der Waals surface area contributed by atoms with Gasteiger partial charge in [0.15, 0.2) is 0 Å². The van der Waals surface area contributed by atoms with Crippen molar-refractivity contribution in [3.05, 3.63) is 58.3 Å². The minimum absolute atomic E-state index is 0.239. The van der Waals surface area contributed by atoms with Crippen molar-refractivity contribution in [3.63, 3.8) is 0 Å². The summed E-state index contributed by atoms with van der Waals surface area (Å²) in [5.74, 6) is 5.60. The van der Waals surface area contributed by atoms with Gasteiger partial charge in [0, 0.05) is 10.9 Å². The Bertz CT molecular complexity index is 397. The second kappa shape index (κ2) is 5.80. The summed E-state index contributed by atoms with van der Waals surface area (Å²) in [5.41, 5.74) is 4.14. The van der Waals surface area contributed by atoms with Crippen molar-refractivity contribution < 1.29 is 0 Å². The van der Waals surface area contributed by atoms with Crippen LogP contribution in [0.5, 0.6) is 0 Å². The molecule has 1 unspecified atom stereocenters. The third-order valence-electron chi connectivity index (χ3n) is 2.66. The molecule has 0 saturated heterocycles. The van der Waals surface area contributed by atoms with Crippen LogP contribution in [0.1, 0.15) is 22.9 Å². The Morgan fingerprint density at radius 2 is 1.94 bits per heavy atom. The Morgan fingerprint density at radius 1 is 1.12 bits per heavy atom. The molecule has 1 aromatic carbocycles. The number of nitrogens with one attached hydrogen (secondary N) is 1. The van der Waals surface area contributed by atoms with E-state index in [2.05, 4.69) is 35.1 Å². The van der Waals surface area contributed by atoms with Crippen molar-refractivity contribution in [2.75, 3.05) is 0 Å². The van der Waals surface area contributed by atoms with Crippen molar-refractivity contribution in [3.8, 4) is 0 Å². The van der Waals surface area contributed by atoms with Crippen LogP contribution in [0.15, 0.2) is 47.8 Å². The standard InChI is InChI=1S/C13H16N2S/c14-15-13(11-5-2-1-3-6-11)9-8-12-7-4-10-16-12/h1-7,10,13,15H,8-9,14H2. The van der Waals surface area contributed by atoms with Crippen LogP contribution in [0.4, 0.5) is 0 Å². The highest BCUT2D eigenvalue weighted by atomic mass is 32.1. The Balaban J connectivity index is 1.96. The van der Waals surface area contributed by atoms with E-state index in [0.717, 1.165) is 12.8 Å². The molecule has 0 spiro atoms. The van der Waals surface area contributed by atoms with Gasteiger partial charge in [-0.05, 0) is 29.9 Å². The summed E-state index contributed by atoms with van der Waals surface area (Å²) in [6.07, 6.45) is 2.10. The lowest BCUT2D eigenvalue weighted by Crippen LogP contribution is -2.28. The minimum atomic E-state index is 0.239. The van der Waals surface area contributed by atoms with Gasteiger partial charge in [-0.1, -0.05) is 36.4 Å². The molecule has 0 aliphatic rings. The van der Waals surface area contributed by atoms with Crippen LogP contribution < -0.4 is 11.3 Å². The average molecular weight is 232 g/mol. The molecule has 0 aliphatic heterocycles. The second-order valence-electron chi connectivity index (χ2n) is 3.75. The highest BCUT2D eigenvalue weighted by Gasteiger charge is 2.08. The molecule has 1 heterocycles. The quantitative estimate of drug-likeness (QED) is 0.614. The van der Waals surface area contributed by atoms with E-state index >= 15 is 0 Å². The summed E-state index contributed by atoms with van der Waals surface area (Å²) in [7, 11) is 0. The number of hydrogen-bond acceptors (Lipinski definition) is 3. The van der Waals surface area contributed by atoms with Crippen molar-refractivity contribution in [1.82, 2.24) is 5.43 Å². The second-order valence-corrected chi connectivity index (χ2v) is 4.78. The third kappa shape index (κ3) is 2.92. The number of hydrazine groups is 1. The van der Waals surface area contributed by atoms with Crippen LogP contribution in [0.3, 0.4) is 0 Å². The summed E-state index contributed by atoms with van der Waals surface area (Å²) in [6, 6.07) is 14.8. The molecule has 2 aromatic rings. The summed E-state index contributed by atoms with van der Waals surface area (Å²) >= 11 is 1.80. The van der Waals surface area contributed by atoms with Gasteiger partial charge in [0.1, 0.15) is 0 Å². The molecule has 2 nitrogen and oxygen atoms in total. The molecule has 0 fully saturated rings. The maximum absolute atomic E-state index is 5.60. The molecule has 1 atom stereocenters. The Labute approximate surface area is 100 Å². The number of hydrogen-bond donors (Lipinski definition) is 2. The predicted molar refractivity (Wildman–Crippen MR) is 69.1 cm³/mol. The van der Waals surface area contributed by atoms with Gasteiger partial charge in [0.2, 0.25) is 0 Å². The molecule has 3 heteroatoms. The summed E-state index contributed by atoms with van der Waals surface area (Å²) in [4.78, 5) is 1.41. The van der Waals surface area contributed by atoms with E-state index in [1.54, 1.807) is 11.3 Å². The van der Waals surface area contributed by atoms with Gasteiger partial charge in [-0.15, -0.1) is 11.3 Å². The molecule has 0 aliphatic carbocycles. The van der Waals surface area contributed by atoms with Gasteiger partial charge in [0.05, 0.1) is 0 Å². The Hall–Kier alpha value is -1.16. The van der Waals surface area contributed by atoms with E-state index in [4.69, 9.17) is 5.84 Å². The molecule has 3 N–H and O–H groups in total. The molecule has 0 bridgehead atoms. The number of benzene rings is 1. The SMILES string of the molecule is NNC(CCc1cccs1)c1ccccc1. The van der Waals surface area contributed by atoms with E-state index in [0.29, 0.717) is 0 Å². The molecule has 0 saturated carbocycles. The maximum atomic E-state index is 5.60. The van der Waals surface area contributed by atoms with Gasteiger partial charge < -0.3 is 0 Å². The highest BCUT2D eigenvalue weighted by molar-refractivity contribution is 7.09. The zero-order valence-corrected chi connectivity index (χ0v) is 9.91. The Kier molecular flexibility index (Phi) is 4.10. The monoisotopic (exact) mass is 232 g/mol. The van der Waals surface area contributed by atoms with Crippen molar-refractivity contribution in [2.24, 2.45) is 5.84 Å². The van der Waals surface area contributed by atoms with Crippen LogP contribution in [-0.4, -0.2) is 0 Å². The molecule has 84 valence electrons. The normalized spacial score (nSPS) is 12.6. The van der Waals surface area contributed by atoms with Crippen molar-refractivity contribution in [2.45, 2.75) is 18.9 Å². The molecule has 16 heavy (non-hydrogen) atoms. The summed E-state index contributed by atoms with van der Waals surface area (Å²) in [5, 5.41) is 2.11. The van der Waals surface area contributed by atoms with Gasteiger partial charge in [0.25, 0.3) is 0 Å². The van der Waals surface area contributed by atoms with Crippen LogP contribution in [0.2, 0.25) is 0 Å². The fourth-order valence-corrected chi connectivity index (χ4v) is 2.50. The minimum Gasteiger partial charge on any atom is -0.271 e. The zero-order chi connectivity index (χ0) is 11.2. The third-order valence-corrected chi connectivity index (χ3v) is 3.60.